The fourth-order valence-corrected chi connectivity index (χ4v) is 3.69. The van der Waals surface area contributed by atoms with E-state index in [-0.39, 0.29) is 0 Å². The highest BCUT2D eigenvalue weighted by Crippen LogP contribution is 2.37. The predicted molar refractivity (Wildman–Crippen MR) is 81.1 cm³/mol. The summed E-state index contributed by atoms with van der Waals surface area (Å²) >= 11 is 0. The van der Waals surface area contributed by atoms with Gasteiger partial charge in [-0.05, 0) is 59.4 Å². The van der Waals surface area contributed by atoms with Crippen LogP contribution in [0.15, 0.2) is 0 Å². The van der Waals surface area contributed by atoms with Gasteiger partial charge in [0.15, 0.2) is 0 Å². The van der Waals surface area contributed by atoms with Crippen molar-refractivity contribution in [1.29, 1.82) is 0 Å². The van der Waals surface area contributed by atoms with Crippen molar-refractivity contribution < 1.29 is 0 Å². The Balaban J connectivity index is 2.83. The molecule has 0 saturated carbocycles. The van der Waals surface area contributed by atoms with Crippen LogP contribution in [0, 0.1) is 0 Å². The molecule has 2 heteroatoms. The molecule has 2 nitrogen and oxygen atoms in total. The van der Waals surface area contributed by atoms with E-state index < -0.39 is 0 Å². The summed E-state index contributed by atoms with van der Waals surface area (Å²) in [6.07, 6.45) is 6.49. The molecule has 1 aliphatic heterocycles. The second kappa shape index (κ2) is 6.91. The van der Waals surface area contributed by atoms with Gasteiger partial charge < -0.3 is 5.32 Å². The minimum atomic E-state index is 0.297. The highest BCUT2D eigenvalue weighted by molar-refractivity contribution is 5.01. The summed E-state index contributed by atoms with van der Waals surface area (Å²) in [6, 6.07) is 2.10. The molecule has 0 aliphatic carbocycles. The molecule has 1 heterocycles. The van der Waals surface area contributed by atoms with Crippen LogP contribution in [0.25, 0.3) is 0 Å². The zero-order chi connectivity index (χ0) is 13.8. The summed E-state index contributed by atoms with van der Waals surface area (Å²) in [6.45, 7) is 15.3. The van der Waals surface area contributed by atoms with E-state index in [0.717, 1.165) is 18.6 Å². The molecule has 1 rings (SSSR count). The van der Waals surface area contributed by atoms with Gasteiger partial charge in [0.2, 0.25) is 0 Å². The van der Waals surface area contributed by atoms with Gasteiger partial charge in [0.05, 0.1) is 0 Å². The number of nitrogens with zero attached hydrogens (tertiary/aromatic N) is 1. The Morgan fingerprint density at radius 3 is 2.44 bits per heavy atom. The second-order valence-corrected chi connectivity index (χ2v) is 6.28. The number of rotatable bonds is 7. The number of nitrogens with one attached hydrogen (secondary N) is 1. The van der Waals surface area contributed by atoms with Crippen LogP contribution in [-0.4, -0.2) is 35.1 Å². The van der Waals surface area contributed by atoms with E-state index in [1.807, 2.05) is 0 Å². The van der Waals surface area contributed by atoms with Crippen LogP contribution in [0.2, 0.25) is 0 Å². The van der Waals surface area contributed by atoms with Gasteiger partial charge in [-0.3, -0.25) is 4.90 Å². The number of hydrogen-bond acceptors (Lipinski definition) is 2. The minimum absolute atomic E-state index is 0.297. The van der Waals surface area contributed by atoms with Crippen molar-refractivity contribution in [2.75, 3.05) is 6.54 Å². The Labute approximate surface area is 115 Å². The maximum atomic E-state index is 3.72. The largest absolute Gasteiger partial charge is 0.312 e. The molecule has 1 saturated heterocycles. The van der Waals surface area contributed by atoms with Crippen molar-refractivity contribution in [3.63, 3.8) is 0 Å². The van der Waals surface area contributed by atoms with Gasteiger partial charge in [-0.25, -0.2) is 0 Å². The smallest absolute Gasteiger partial charge is 0.0334 e. The van der Waals surface area contributed by atoms with E-state index in [9.17, 15) is 0 Å². The lowest BCUT2D eigenvalue weighted by atomic mass is 9.86. The van der Waals surface area contributed by atoms with Gasteiger partial charge in [0.1, 0.15) is 0 Å². The van der Waals surface area contributed by atoms with Crippen LogP contribution in [-0.2, 0) is 0 Å². The zero-order valence-corrected chi connectivity index (χ0v) is 13.4. The van der Waals surface area contributed by atoms with Gasteiger partial charge in [0, 0.05) is 23.7 Å². The first kappa shape index (κ1) is 16.0. The first-order chi connectivity index (χ1) is 8.51. The minimum Gasteiger partial charge on any atom is -0.312 e. The van der Waals surface area contributed by atoms with Crippen molar-refractivity contribution in [1.82, 2.24) is 10.2 Å². The van der Waals surface area contributed by atoms with Crippen molar-refractivity contribution >= 4 is 0 Å². The summed E-state index contributed by atoms with van der Waals surface area (Å²) in [5.74, 6) is 0. The topological polar surface area (TPSA) is 15.3 Å². The molecule has 18 heavy (non-hydrogen) atoms. The summed E-state index contributed by atoms with van der Waals surface area (Å²) in [7, 11) is 0. The Hall–Kier alpha value is -0.0800. The van der Waals surface area contributed by atoms with Gasteiger partial charge in [0.25, 0.3) is 0 Å². The predicted octanol–water partition coefficient (Wildman–Crippen LogP) is 3.81. The molecular weight excluding hydrogens is 220 g/mol. The molecule has 1 aliphatic rings. The molecule has 0 bridgehead atoms. The van der Waals surface area contributed by atoms with E-state index in [2.05, 4.69) is 51.8 Å². The van der Waals surface area contributed by atoms with E-state index in [1.165, 1.54) is 32.1 Å². The fourth-order valence-electron chi connectivity index (χ4n) is 3.69. The lowest BCUT2D eigenvalue weighted by molar-refractivity contribution is 0.0241. The van der Waals surface area contributed by atoms with Gasteiger partial charge in [-0.1, -0.05) is 20.8 Å². The van der Waals surface area contributed by atoms with Crippen LogP contribution in [0.1, 0.15) is 73.6 Å². The highest BCUT2D eigenvalue weighted by atomic mass is 15.3. The van der Waals surface area contributed by atoms with Crippen molar-refractivity contribution in [3.8, 4) is 0 Å². The Morgan fingerprint density at radius 1 is 1.28 bits per heavy atom. The molecule has 0 spiro atoms. The van der Waals surface area contributed by atoms with Crippen LogP contribution in [0.3, 0.4) is 0 Å². The van der Waals surface area contributed by atoms with Crippen molar-refractivity contribution in [2.45, 2.75) is 97.3 Å². The van der Waals surface area contributed by atoms with E-state index >= 15 is 0 Å². The molecule has 0 aromatic carbocycles. The lowest BCUT2D eigenvalue weighted by Crippen LogP contribution is -2.61. The molecule has 108 valence electrons. The standard InChI is InChI=1S/C16H34N2/c1-7-12-17-14(5)16(6,9-3)18-13(4)10-11-15(18)8-2/h13-15,17H,7-12H2,1-6H3. The Kier molecular flexibility index (Phi) is 6.13. The molecule has 4 unspecified atom stereocenters. The van der Waals surface area contributed by atoms with Crippen LogP contribution < -0.4 is 5.32 Å². The van der Waals surface area contributed by atoms with E-state index in [0.29, 0.717) is 11.6 Å². The van der Waals surface area contributed by atoms with Crippen LogP contribution in [0.4, 0.5) is 0 Å². The van der Waals surface area contributed by atoms with Gasteiger partial charge in [-0.2, -0.15) is 0 Å². The normalized spacial score (nSPS) is 30.3. The monoisotopic (exact) mass is 254 g/mol. The first-order valence-corrected chi connectivity index (χ1v) is 8.03. The third-order valence-corrected chi connectivity index (χ3v) is 5.20. The molecule has 1 N–H and O–H groups in total. The summed E-state index contributed by atoms with van der Waals surface area (Å²) in [4.78, 5) is 2.82. The maximum Gasteiger partial charge on any atom is 0.0334 e. The molecule has 1 fully saturated rings. The molecule has 0 aromatic rings. The summed E-state index contributed by atoms with van der Waals surface area (Å²) < 4.78 is 0. The van der Waals surface area contributed by atoms with Crippen molar-refractivity contribution in [3.05, 3.63) is 0 Å². The summed E-state index contributed by atoms with van der Waals surface area (Å²) in [5, 5.41) is 3.72. The van der Waals surface area contributed by atoms with E-state index in [4.69, 9.17) is 0 Å². The van der Waals surface area contributed by atoms with E-state index in [1.54, 1.807) is 0 Å². The fraction of sp³-hybridized carbons (Fsp3) is 1.00. The first-order valence-electron chi connectivity index (χ1n) is 8.03. The molecule has 4 atom stereocenters. The number of hydrogen-bond donors (Lipinski definition) is 1. The van der Waals surface area contributed by atoms with Gasteiger partial charge >= 0.3 is 0 Å². The lowest BCUT2D eigenvalue weighted by Gasteiger charge is -2.48. The maximum absolute atomic E-state index is 3.72. The van der Waals surface area contributed by atoms with Gasteiger partial charge in [-0.15, -0.1) is 0 Å². The van der Waals surface area contributed by atoms with Crippen LogP contribution >= 0.6 is 0 Å². The molecular formula is C16H34N2. The Morgan fingerprint density at radius 2 is 1.94 bits per heavy atom. The SMILES string of the molecule is CCCNC(C)C(C)(CC)N1C(C)CCC1CC. The third-order valence-electron chi connectivity index (χ3n) is 5.20. The van der Waals surface area contributed by atoms with Crippen molar-refractivity contribution in [2.24, 2.45) is 0 Å². The highest BCUT2D eigenvalue weighted by Gasteiger charge is 2.44. The quantitative estimate of drug-likeness (QED) is 0.743. The molecule has 0 radical (unpaired) electrons. The molecule has 0 aromatic heterocycles. The Bertz CT molecular complexity index is 241. The number of likely N-dealkylation sites (tertiary alicyclic amines) is 1. The average molecular weight is 254 g/mol. The second-order valence-electron chi connectivity index (χ2n) is 6.28. The zero-order valence-electron chi connectivity index (χ0n) is 13.4. The average Bonchev–Trinajstić information content (AvgIpc) is 2.76. The third kappa shape index (κ3) is 3.08. The molecule has 0 amide bonds. The summed E-state index contributed by atoms with van der Waals surface area (Å²) in [5.41, 5.74) is 0.297. The van der Waals surface area contributed by atoms with Crippen LogP contribution in [0.5, 0.6) is 0 Å².